The highest BCUT2D eigenvalue weighted by atomic mass is 35.5. The van der Waals surface area contributed by atoms with Gasteiger partial charge in [-0.15, -0.1) is 0 Å². The number of thioether (sulfide) groups is 1. The zero-order chi connectivity index (χ0) is 18.5. The first-order chi connectivity index (χ1) is 12.6. The van der Waals surface area contributed by atoms with Crippen molar-refractivity contribution >= 4 is 46.0 Å². The Kier molecular flexibility index (Phi) is 6.59. The average Bonchev–Trinajstić information content (AvgIpc) is 2.90. The smallest absolute Gasteiger partial charge is 0.242 e. The van der Waals surface area contributed by atoms with Gasteiger partial charge in [-0.2, -0.15) is 0 Å². The zero-order valence-electron chi connectivity index (χ0n) is 14.9. The van der Waals surface area contributed by atoms with Gasteiger partial charge in [0, 0.05) is 24.0 Å². The Morgan fingerprint density at radius 1 is 1.35 bits per heavy atom. The van der Waals surface area contributed by atoms with Crippen molar-refractivity contribution in [3.8, 4) is 0 Å². The third-order valence-corrected chi connectivity index (χ3v) is 6.12. The van der Waals surface area contributed by atoms with Crippen LogP contribution in [0.5, 0.6) is 0 Å². The van der Waals surface area contributed by atoms with Crippen LogP contribution in [0.15, 0.2) is 29.3 Å². The standard InChI is InChI=1S/C19H24ClN3O2S/c1-2-23-18(25)16(12-17(24)21-14-8-4-3-5-9-14)26-19(23)22-15-10-6-7-13(20)11-15/h6-7,10-11,14,16H,2-5,8-9,12H2,1H3,(H,21,24). The molecule has 2 fully saturated rings. The minimum absolute atomic E-state index is 0.0391. The van der Waals surface area contributed by atoms with Crippen LogP contribution in [0.25, 0.3) is 0 Å². The number of carbonyl (C=O) groups excluding carboxylic acids is 2. The van der Waals surface area contributed by atoms with E-state index in [-0.39, 0.29) is 24.3 Å². The molecule has 7 heteroatoms. The number of benzene rings is 1. The first-order valence-corrected chi connectivity index (χ1v) is 10.4. The minimum atomic E-state index is -0.406. The number of hydrogen-bond donors (Lipinski definition) is 1. The SMILES string of the molecule is CCN1C(=O)C(CC(=O)NC2CCCCC2)SC1=Nc1cccc(Cl)c1. The van der Waals surface area contributed by atoms with Gasteiger partial charge in [0.1, 0.15) is 5.25 Å². The summed E-state index contributed by atoms with van der Waals surface area (Å²) in [4.78, 5) is 31.2. The highest BCUT2D eigenvalue weighted by Crippen LogP contribution is 2.32. The third-order valence-electron chi connectivity index (χ3n) is 4.71. The molecular weight excluding hydrogens is 370 g/mol. The average molecular weight is 394 g/mol. The molecule has 0 bridgehead atoms. The second-order valence-corrected chi connectivity index (χ2v) is 8.28. The maximum absolute atomic E-state index is 12.7. The van der Waals surface area contributed by atoms with Crippen LogP contribution in [0, 0.1) is 0 Å². The number of nitrogens with zero attached hydrogens (tertiary/aromatic N) is 2. The topological polar surface area (TPSA) is 61.8 Å². The second kappa shape index (κ2) is 8.91. The van der Waals surface area contributed by atoms with Gasteiger partial charge in [-0.3, -0.25) is 14.5 Å². The van der Waals surface area contributed by atoms with Crippen LogP contribution in [-0.2, 0) is 9.59 Å². The fraction of sp³-hybridized carbons (Fsp3) is 0.526. The summed E-state index contributed by atoms with van der Waals surface area (Å²) in [5.41, 5.74) is 0.707. The lowest BCUT2D eigenvalue weighted by Gasteiger charge is -2.23. The molecule has 1 N–H and O–H groups in total. The van der Waals surface area contributed by atoms with E-state index in [0.29, 0.717) is 22.4 Å². The molecule has 1 aromatic rings. The van der Waals surface area contributed by atoms with E-state index in [4.69, 9.17) is 11.6 Å². The van der Waals surface area contributed by atoms with Crippen LogP contribution in [0.2, 0.25) is 5.02 Å². The molecule has 2 amide bonds. The third kappa shape index (κ3) is 4.80. The Hall–Kier alpha value is -1.53. The monoisotopic (exact) mass is 393 g/mol. The Morgan fingerprint density at radius 2 is 2.12 bits per heavy atom. The summed E-state index contributed by atoms with van der Waals surface area (Å²) in [7, 11) is 0. The Labute approximate surface area is 163 Å². The van der Waals surface area contributed by atoms with Crippen LogP contribution in [-0.4, -0.2) is 39.7 Å². The molecule has 1 unspecified atom stereocenters. The summed E-state index contributed by atoms with van der Waals surface area (Å²) >= 11 is 7.37. The zero-order valence-corrected chi connectivity index (χ0v) is 16.5. The van der Waals surface area contributed by atoms with Gasteiger partial charge >= 0.3 is 0 Å². The van der Waals surface area contributed by atoms with E-state index in [0.717, 1.165) is 12.8 Å². The molecule has 1 aromatic carbocycles. The molecule has 1 saturated carbocycles. The van der Waals surface area contributed by atoms with Crippen molar-refractivity contribution in [2.24, 2.45) is 4.99 Å². The molecule has 2 aliphatic rings. The number of carbonyl (C=O) groups is 2. The summed E-state index contributed by atoms with van der Waals surface area (Å²) in [6, 6.07) is 7.49. The van der Waals surface area contributed by atoms with Gasteiger partial charge in [0.25, 0.3) is 0 Å². The number of nitrogens with one attached hydrogen (secondary N) is 1. The molecule has 5 nitrogen and oxygen atoms in total. The summed E-state index contributed by atoms with van der Waals surface area (Å²) < 4.78 is 0. The van der Waals surface area contributed by atoms with Gasteiger partial charge in [-0.1, -0.05) is 48.7 Å². The van der Waals surface area contributed by atoms with Crippen molar-refractivity contribution in [2.45, 2.75) is 56.7 Å². The molecular formula is C19H24ClN3O2S. The molecule has 1 saturated heterocycles. The summed E-state index contributed by atoms with van der Waals surface area (Å²) in [6.45, 7) is 2.45. The van der Waals surface area contributed by atoms with E-state index >= 15 is 0 Å². The van der Waals surface area contributed by atoms with Gasteiger partial charge < -0.3 is 5.32 Å². The van der Waals surface area contributed by atoms with Gasteiger partial charge in [0.15, 0.2) is 5.17 Å². The van der Waals surface area contributed by atoms with Crippen LogP contribution >= 0.6 is 23.4 Å². The van der Waals surface area contributed by atoms with Crippen molar-refractivity contribution in [1.29, 1.82) is 0 Å². The molecule has 26 heavy (non-hydrogen) atoms. The normalized spacial score (nSPS) is 22.8. The van der Waals surface area contributed by atoms with E-state index in [1.165, 1.54) is 31.0 Å². The van der Waals surface area contributed by atoms with Gasteiger partial charge in [-0.05, 0) is 38.0 Å². The predicted molar refractivity (Wildman–Crippen MR) is 107 cm³/mol. The van der Waals surface area contributed by atoms with E-state index in [9.17, 15) is 9.59 Å². The van der Waals surface area contributed by atoms with Crippen molar-refractivity contribution < 1.29 is 9.59 Å². The molecule has 0 spiro atoms. The van der Waals surface area contributed by atoms with Crippen LogP contribution in [0.3, 0.4) is 0 Å². The number of amidine groups is 1. The largest absolute Gasteiger partial charge is 0.353 e. The lowest BCUT2D eigenvalue weighted by atomic mass is 9.95. The van der Waals surface area contributed by atoms with E-state index < -0.39 is 5.25 Å². The maximum Gasteiger partial charge on any atom is 0.242 e. The lowest BCUT2D eigenvalue weighted by Crippen LogP contribution is -2.39. The van der Waals surface area contributed by atoms with E-state index in [2.05, 4.69) is 10.3 Å². The number of halogens is 1. The van der Waals surface area contributed by atoms with Crippen LogP contribution in [0.1, 0.15) is 45.4 Å². The Bertz CT molecular complexity index is 704. The Balaban J connectivity index is 1.65. The van der Waals surface area contributed by atoms with Crippen molar-refractivity contribution in [1.82, 2.24) is 10.2 Å². The van der Waals surface area contributed by atoms with Crippen molar-refractivity contribution in [3.63, 3.8) is 0 Å². The molecule has 3 rings (SSSR count). The number of amides is 2. The van der Waals surface area contributed by atoms with E-state index in [1.807, 2.05) is 19.1 Å². The minimum Gasteiger partial charge on any atom is -0.353 e. The summed E-state index contributed by atoms with van der Waals surface area (Å²) in [6.07, 6.45) is 5.87. The fourth-order valence-corrected chi connectivity index (χ4v) is 4.78. The fourth-order valence-electron chi connectivity index (χ4n) is 3.37. The van der Waals surface area contributed by atoms with E-state index in [1.54, 1.807) is 17.0 Å². The summed E-state index contributed by atoms with van der Waals surface area (Å²) in [5.74, 6) is -0.0834. The molecule has 1 atom stereocenters. The molecule has 1 aliphatic carbocycles. The van der Waals surface area contributed by atoms with Crippen molar-refractivity contribution in [2.75, 3.05) is 6.54 Å². The Morgan fingerprint density at radius 3 is 2.81 bits per heavy atom. The first-order valence-electron chi connectivity index (χ1n) is 9.18. The molecule has 1 aliphatic heterocycles. The van der Waals surface area contributed by atoms with Gasteiger partial charge in [-0.25, -0.2) is 4.99 Å². The van der Waals surface area contributed by atoms with Gasteiger partial charge in [0.2, 0.25) is 11.8 Å². The quantitative estimate of drug-likeness (QED) is 0.818. The summed E-state index contributed by atoms with van der Waals surface area (Å²) in [5, 5.41) is 3.92. The highest BCUT2D eigenvalue weighted by Gasteiger charge is 2.38. The molecule has 1 heterocycles. The first kappa shape index (κ1) is 19.2. The van der Waals surface area contributed by atoms with Gasteiger partial charge in [0.05, 0.1) is 5.69 Å². The predicted octanol–water partition coefficient (Wildman–Crippen LogP) is 4.13. The number of aliphatic imine (C=N–C) groups is 1. The van der Waals surface area contributed by atoms with Crippen molar-refractivity contribution in [3.05, 3.63) is 29.3 Å². The lowest BCUT2D eigenvalue weighted by molar-refractivity contribution is -0.129. The number of hydrogen-bond acceptors (Lipinski definition) is 4. The molecule has 140 valence electrons. The van der Waals surface area contributed by atoms with Crippen LogP contribution < -0.4 is 5.32 Å². The maximum atomic E-state index is 12.7. The number of rotatable bonds is 5. The molecule has 0 aromatic heterocycles. The highest BCUT2D eigenvalue weighted by molar-refractivity contribution is 8.15. The second-order valence-electron chi connectivity index (χ2n) is 6.67. The molecule has 0 radical (unpaired) electrons. The van der Waals surface area contributed by atoms with Crippen LogP contribution in [0.4, 0.5) is 5.69 Å².